The second-order valence-electron chi connectivity index (χ2n) is 8.21. The van der Waals surface area contributed by atoms with Gasteiger partial charge in [-0.25, -0.2) is 0 Å². The Labute approximate surface area is 205 Å². The van der Waals surface area contributed by atoms with Crippen molar-refractivity contribution in [3.8, 4) is 23.3 Å². The van der Waals surface area contributed by atoms with Crippen LogP contribution in [0.1, 0.15) is 36.5 Å². The normalized spacial score (nSPS) is 14.7. The number of phenolic OH excluding ortho intramolecular Hbond substituents is 1. The number of aromatic hydroxyl groups is 1. The van der Waals surface area contributed by atoms with Crippen molar-refractivity contribution < 1.29 is 9.84 Å². The molecule has 8 nitrogen and oxygen atoms in total. The standard InChI is InChI=1S/C26H23N5O3S/c1-34-21-12-11-17(14-20(21)32)15-22-25(33)31(18-8-4-2-5-9-18)26(35-22)19(16-27)24-29-28-23-10-6-3-7-13-30(23)24/h2,4-5,8-9,11-12,14-15,32H,3,6-7,10,13H2,1H3/b22-15+,26-19-. The van der Waals surface area contributed by atoms with Crippen molar-refractivity contribution in [1.29, 1.82) is 5.26 Å². The topological polar surface area (TPSA) is 106 Å². The number of benzene rings is 2. The molecule has 1 N–H and O–H groups in total. The summed E-state index contributed by atoms with van der Waals surface area (Å²) in [6, 6.07) is 16.5. The molecule has 0 unspecified atom stereocenters. The first-order valence-electron chi connectivity index (χ1n) is 11.3. The zero-order valence-corrected chi connectivity index (χ0v) is 20.0. The van der Waals surface area contributed by atoms with Crippen LogP contribution in [0.4, 0.5) is 0 Å². The molecule has 0 fully saturated rings. The molecule has 4 aromatic rings. The first-order valence-corrected chi connectivity index (χ1v) is 12.1. The Morgan fingerprint density at radius 1 is 1.17 bits per heavy atom. The molecule has 1 aliphatic heterocycles. The summed E-state index contributed by atoms with van der Waals surface area (Å²) in [5.74, 6) is 1.69. The summed E-state index contributed by atoms with van der Waals surface area (Å²) in [7, 11) is 1.48. The van der Waals surface area contributed by atoms with Gasteiger partial charge in [-0.3, -0.25) is 9.36 Å². The van der Waals surface area contributed by atoms with Gasteiger partial charge in [0.1, 0.15) is 22.1 Å². The van der Waals surface area contributed by atoms with Crippen molar-refractivity contribution in [3.63, 3.8) is 0 Å². The zero-order chi connectivity index (χ0) is 24.4. The summed E-state index contributed by atoms with van der Waals surface area (Å²) < 4.78 is 9.60. The van der Waals surface area contributed by atoms with E-state index in [1.54, 1.807) is 22.8 Å². The quantitative estimate of drug-likeness (QED) is 0.476. The van der Waals surface area contributed by atoms with Gasteiger partial charge in [0.15, 0.2) is 17.3 Å². The second-order valence-corrected chi connectivity index (χ2v) is 9.24. The molecule has 1 aliphatic rings. The minimum atomic E-state index is -0.255. The van der Waals surface area contributed by atoms with Crippen molar-refractivity contribution >= 4 is 23.0 Å². The Morgan fingerprint density at radius 2 is 2.00 bits per heavy atom. The number of fused-ring (bicyclic) bond motifs is 1. The number of para-hydroxylation sites is 1. The van der Waals surface area contributed by atoms with E-state index in [2.05, 4.69) is 16.3 Å². The Kier molecular flexibility index (Phi) is 6.21. The molecule has 176 valence electrons. The molecule has 0 aliphatic carbocycles. The van der Waals surface area contributed by atoms with E-state index >= 15 is 0 Å². The lowest BCUT2D eigenvalue weighted by Crippen LogP contribution is -2.31. The maximum atomic E-state index is 13.6. The van der Waals surface area contributed by atoms with E-state index in [0.29, 0.717) is 37.6 Å². The van der Waals surface area contributed by atoms with Gasteiger partial charge in [-0.15, -0.1) is 21.5 Å². The summed E-state index contributed by atoms with van der Waals surface area (Å²) >= 11 is 1.22. The molecule has 9 heteroatoms. The third-order valence-electron chi connectivity index (χ3n) is 6.00. The van der Waals surface area contributed by atoms with Gasteiger partial charge in [0.05, 0.1) is 17.3 Å². The predicted molar refractivity (Wildman–Crippen MR) is 133 cm³/mol. The van der Waals surface area contributed by atoms with Gasteiger partial charge in [0, 0.05) is 13.0 Å². The largest absolute Gasteiger partial charge is 0.504 e. The van der Waals surface area contributed by atoms with Gasteiger partial charge in [-0.1, -0.05) is 30.7 Å². The highest BCUT2D eigenvalue weighted by Crippen LogP contribution is 2.26. The molecule has 35 heavy (non-hydrogen) atoms. The Bertz CT molecular complexity index is 1610. The number of rotatable bonds is 4. The summed E-state index contributed by atoms with van der Waals surface area (Å²) in [6.45, 7) is 0.744. The van der Waals surface area contributed by atoms with Crippen LogP contribution in [0.2, 0.25) is 0 Å². The van der Waals surface area contributed by atoms with E-state index in [0.717, 1.165) is 38.1 Å². The Hall–Kier alpha value is -4.16. The van der Waals surface area contributed by atoms with Crippen LogP contribution in [0.25, 0.3) is 17.3 Å². The lowest BCUT2D eigenvalue weighted by atomic mass is 10.2. The molecule has 2 aromatic carbocycles. The molecule has 0 saturated carbocycles. The van der Waals surface area contributed by atoms with Crippen LogP contribution in [0, 0.1) is 11.3 Å². The SMILES string of the molecule is COc1ccc(/C=c2/s/c(=C(/C#N)c3nnc4n3CCCCC4)n(-c3ccccc3)c2=O)cc1O. The molecule has 3 heterocycles. The van der Waals surface area contributed by atoms with Gasteiger partial charge in [0.25, 0.3) is 5.56 Å². The molecular formula is C26H23N5O3S. The number of methoxy groups -OCH3 is 1. The van der Waals surface area contributed by atoms with Gasteiger partial charge in [0.2, 0.25) is 0 Å². The molecule has 0 atom stereocenters. The van der Waals surface area contributed by atoms with Crippen molar-refractivity contribution in [2.24, 2.45) is 0 Å². The minimum Gasteiger partial charge on any atom is -0.504 e. The summed E-state index contributed by atoms with van der Waals surface area (Å²) in [5.41, 5.74) is 1.36. The average molecular weight is 486 g/mol. The van der Waals surface area contributed by atoms with Crippen LogP contribution < -0.4 is 19.5 Å². The highest BCUT2D eigenvalue weighted by Gasteiger charge is 2.21. The fourth-order valence-corrected chi connectivity index (χ4v) is 5.37. The number of ether oxygens (including phenoxy) is 1. The lowest BCUT2D eigenvalue weighted by molar-refractivity contribution is 0.373. The van der Waals surface area contributed by atoms with E-state index in [9.17, 15) is 15.2 Å². The number of phenols is 1. The average Bonchev–Trinajstić information content (AvgIpc) is 3.31. The smallest absolute Gasteiger partial charge is 0.273 e. The minimum absolute atomic E-state index is 0.0168. The highest BCUT2D eigenvalue weighted by molar-refractivity contribution is 7.07. The van der Waals surface area contributed by atoms with Crippen LogP contribution in [-0.4, -0.2) is 31.5 Å². The van der Waals surface area contributed by atoms with Crippen molar-refractivity contribution in [1.82, 2.24) is 19.3 Å². The van der Waals surface area contributed by atoms with Crippen molar-refractivity contribution in [3.05, 3.63) is 85.3 Å². The third-order valence-corrected chi connectivity index (χ3v) is 7.09. The van der Waals surface area contributed by atoms with E-state index in [-0.39, 0.29) is 11.3 Å². The number of aromatic nitrogens is 4. The number of aryl methyl sites for hydroxylation is 1. The van der Waals surface area contributed by atoms with Crippen molar-refractivity contribution in [2.75, 3.05) is 7.11 Å². The van der Waals surface area contributed by atoms with Gasteiger partial charge >= 0.3 is 0 Å². The molecule has 0 saturated heterocycles. The summed E-state index contributed by atoms with van der Waals surface area (Å²) in [6.07, 6.45) is 5.66. The monoisotopic (exact) mass is 485 g/mol. The lowest BCUT2D eigenvalue weighted by Gasteiger charge is -2.07. The van der Waals surface area contributed by atoms with Crippen LogP contribution >= 0.6 is 11.3 Å². The zero-order valence-electron chi connectivity index (χ0n) is 19.1. The predicted octanol–water partition coefficient (Wildman–Crippen LogP) is 2.48. The van der Waals surface area contributed by atoms with E-state index in [1.807, 2.05) is 34.9 Å². The van der Waals surface area contributed by atoms with E-state index in [1.165, 1.54) is 24.5 Å². The summed E-state index contributed by atoms with van der Waals surface area (Å²) in [5, 5.41) is 29.1. The van der Waals surface area contributed by atoms with Crippen molar-refractivity contribution in [2.45, 2.75) is 32.2 Å². The van der Waals surface area contributed by atoms with Crippen LogP contribution in [-0.2, 0) is 13.0 Å². The highest BCUT2D eigenvalue weighted by atomic mass is 32.1. The molecule has 0 spiro atoms. The van der Waals surface area contributed by atoms with Crippen LogP contribution in [0.5, 0.6) is 11.5 Å². The van der Waals surface area contributed by atoms with Gasteiger partial charge in [-0.2, -0.15) is 5.26 Å². The summed E-state index contributed by atoms with van der Waals surface area (Å²) in [4.78, 5) is 13.6. The fraction of sp³-hybridized carbons (Fsp3) is 0.231. The molecule has 0 amide bonds. The fourth-order valence-electron chi connectivity index (χ4n) is 4.27. The number of hydrogen-bond donors (Lipinski definition) is 1. The number of thiazole rings is 1. The maximum Gasteiger partial charge on any atom is 0.273 e. The van der Waals surface area contributed by atoms with E-state index < -0.39 is 0 Å². The molecule has 2 aromatic heterocycles. The first-order chi connectivity index (χ1) is 17.1. The maximum absolute atomic E-state index is 13.6. The molecule has 5 rings (SSSR count). The number of nitriles is 1. The molecule has 0 bridgehead atoms. The molecular weight excluding hydrogens is 462 g/mol. The third kappa shape index (κ3) is 4.24. The Balaban J connectivity index is 1.80. The molecule has 0 radical (unpaired) electrons. The van der Waals surface area contributed by atoms with E-state index in [4.69, 9.17) is 4.74 Å². The first kappa shape index (κ1) is 22.6. The van der Waals surface area contributed by atoms with Gasteiger partial charge in [-0.05, 0) is 48.7 Å². The number of hydrogen-bond acceptors (Lipinski definition) is 7. The van der Waals surface area contributed by atoms with Crippen LogP contribution in [0.15, 0.2) is 53.3 Å². The van der Waals surface area contributed by atoms with Crippen LogP contribution in [0.3, 0.4) is 0 Å². The second kappa shape index (κ2) is 9.60. The number of nitrogens with zero attached hydrogens (tertiary/aromatic N) is 5. The Morgan fingerprint density at radius 3 is 2.74 bits per heavy atom. The van der Waals surface area contributed by atoms with Gasteiger partial charge < -0.3 is 14.4 Å².